The van der Waals surface area contributed by atoms with Gasteiger partial charge in [-0.2, -0.15) is 5.26 Å². The average Bonchev–Trinajstić information content (AvgIpc) is 3.46. The molecule has 0 saturated heterocycles. The molecule has 42 heavy (non-hydrogen) atoms. The van der Waals surface area contributed by atoms with E-state index < -0.39 is 0 Å². The minimum absolute atomic E-state index is 0.187. The van der Waals surface area contributed by atoms with Crippen molar-refractivity contribution in [3.8, 4) is 17.5 Å². The summed E-state index contributed by atoms with van der Waals surface area (Å²) in [6, 6.07) is 32.0. The summed E-state index contributed by atoms with van der Waals surface area (Å²) in [5.41, 5.74) is 4.29. The van der Waals surface area contributed by atoms with Crippen LogP contribution in [0.5, 0.6) is 5.75 Å². The van der Waals surface area contributed by atoms with Gasteiger partial charge in [0.15, 0.2) is 0 Å². The molecule has 0 amide bonds. The fourth-order valence-corrected chi connectivity index (χ4v) is 4.97. The van der Waals surface area contributed by atoms with Gasteiger partial charge in [0.2, 0.25) is 0 Å². The van der Waals surface area contributed by atoms with E-state index in [1.165, 1.54) is 0 Å². The van der Waals surface area contributed by atoms with Crippen molar-refractivity contribution in [2.45, 2.75) is 13.2 Å². The van der Waals surface area contributed by atoms with Gasteiger partial charge in [-0.15, -0.1) is 5.10 Å². The average molecular weight is 615 g/mol. The van der Waals surface area contributed by atoms with Crippen LogP contribution in [0.1, 0.15) is 28.2 Å². The highest BCUT2D eigenvalue weighted by molar-refractivity contribution is 9.10. The Hall–Kier alpha value is -5.33. The summed E-state index contributed by atoms with van der Waals surface area (Å²) in [5, 5.41) is 18.1. The van der Waals surface area contributed by atoms with E-state index in [0.29, 0.717) is 46.0 Å². The largest absolute Gasteiger partial charge is 0.487 e. The molecule has 6 aromatic rings. The molecule has 0 saturated carbocycles. The van der Waals surface area contributed by atoms with Crippen molar-refractivity contribution in [1.29, 1.82) is 5.26 Å². The molecule has 0 bridgehead atoms. The summed E-state index contributed by atoms with van der Waals surface area (Å²) in [4.78, 5) is 18.5. The first-order valence-electron chi connectivity index (χ1n) is 13.1. The van der Waals surface area contributed by atoms with Gasteiger partial charge in [0.25, 0.3) is 5.56 Å². The lowest BCUT2D eigenvalue weighted by Crippen LogP contribution is -2.22. The third kappa shape index (κ3) is 6.04. The number of aromatic nitrogens is 5. The van der Waals surface area contributed by atoms with Crippen LogP contribution in [0.15, 0.2) is 113 Å². The van der Waals surface area contributed by atoms with Crippen LogP contribution in [0, 0.1) is 11.3 Å². The lowest BCUT2D eigenvalue weighted by Gasteiger charge is -2.13. The summed E-state index contributed by atoms with van der Waals surface area (Å²) in [5.74, 6) is 1.05. The Morgan fingerprint density at radius 3 is 2.60 bits per heavy atom. The Labute approximate surface area is 249 Å². The summed E-state index contributed by atoms with van der Waals surface area (Å²) in [7, 11) is 0. The van der Waals surface area contributed by atoms with Gasteiger partial charge in [0.1, 0.15) is 23.9 Å². The molecule has 0 fully saturated rings. The molecule has 8 nitrogen and oxygen atoms in total. The van der Waals surface area contributed by atoms with E-state index in [4.69, 9.17) is 15.0 Å². The van der Waals surface area contributed by atoms with Gasteiger partial charge in [0, 0.05) is 10.5 Å². The zero-order valence-electron chi connectivity index (χ0n) is 22.3. The SMILES string of the molecule is N#Cc1ccc(/C=C/c2nc3ccccc3c(=O)n2-c2cccc(OCc3cn(Cc4cccc(Br)c4)nn3)c2)cc1. The number of hydrogen-bond donors (Lipinski definition) is 0. The standard InChI is InChI=1S/C33H23BrN6O2/c34-26-6-3-5-25(17-26)20-39-21-27(37-38-39)22-42-29-8-4-7-28(18-29)40-32(16-15-23-11-13-24(19-35)14-12-23)36-31-10-2-1-9-30(31)33(40)41/h1-18,21H,20,22H2/b16-15+. The maximum absolute atomic E-state index is 13.7. The highest BCUT2D eigenvalue weighted by Crippen LogP contribution is 2.21. The molecule has 0 atom stereocenters. The van der Waals surface area contributed by atoms with Crippen molar-refractivity contribution in [3.63, 3.8) is 0 Å². The van der Waals surface area contributed by atoms with Gasteiger partial charge in [-0.3, -0.25) is 9.36 Å². The van der Waals surface area contributed by atoms with Gasteiger partial charge >= 0.3 is 0 Å². The van der Waals surface area contributed by atoms with Crippen molar-refractivity contribution in [1.82, 2.24) is 24.5 Å². The van der Waals surface area contributed by atoms with Crippen LogP contribution >= 0.6 is 15.9 Å². The second kappa shape index (κ2) is 12.0. The van der Waals surface area contributed by atoms with Gasteiger partial charge in [-0.1, -0.05) is 69.7 Å². The van der Waals surface area contributed by atoms with E-state index in [9.17, 15) is 4.79 Å². The molecule has 0 aliphatic rings. The second-order valence-corrected chi connectivity index (χ2v) is 10.4. The summed E-state index contributed by atoms with van der Waals surface area (Å²) in [6.07, 6.45) is 5.52. The Morgan fingerprint density at radius 1 is 0.929 bits per heavy atom. The van der Waals surface area contributed by atoms with Gasteiger partial charge in [0.05, 0.1) is 41.0 Å². The fourth-order valence-electron chi connectivity index (χ4n) is 4.52. The van der Waals surface area contributed by atoms with E-state index in [1.807, 2.05) is 91.1 Å². The number of halogens is 1. The van der Waals surface area contributed by atoms with Crippen molar-refractivity contribution in [3.05, 3.63) is 146 Å². The molecule has 0 unspecified atom stereocenters. The predicted molar refractivity (Wildman–Crippen MR) is 165 cm³/mol. The lowest BCUT2D eigenvalue weighted by molar-refractivity contribution is 0.301. The molecule has 0 aliphatic heterocycles. The monoisotopic (exact) mass is 614 g/mol. The van der Waals surface area contributed by atoms with E-state index in [1.54, 1.807) is 33.5 Å². The molecule has 0 spiro atoms. The molecule has 0 aliphatic carbocycles. The summed E-state index contributed by atoms with van der Waals surface area (Å²) >= 11 is 3.49. The van der Waals surface area contributed by atoms with E-state index in [2.05, 4.69) is 32.3 Å². The van der Waals surface area contributed by atoms with Gasteiger partial charge in [-0.05, 0) is 65.7 Å². The van der Waals surface area contributed by atoms with Crippen LogP contribution in [0.25, 0.3) is 28.7 Å². The van der Waals surface area contributed by atoms with Crippen LogP contribution in [0.4, 0.5) is 0 Å². The van der Waals surface area contributed by atoms with E-state index in [-0.39, 0.29) is 12.2 Å². The molecular formula is C33H23BrN6O2. The number of benzene rings is 4. The molecule has 9 heteroatoms. The van der Waals surface area contributed by atoms with Crippen molar-refractivity contribution in [2.75, 3.05) is 0 Å². The molecule has 2 heterocycles. The highest BCUT2D eigenvalue weighted by atomic mass is 79.9. The second-order valence-electron chi connectivity index (χ2n) is 9.52. The van der Waals surface area contributed by atoms with Gasteiger partial charge in [-0.25, -0.2) is 9.67 Å². The smallest absolute Gasteiger partial charge is 0.266 e. The van der Waals surface area contributed by atoms with Crippen LogP contribution in [0.3, 0.4) is 0 Å². The first kappa shape index (κ1) is 26.9. The lowest BCUT2D eigenvalue weighted by atomic mass is 10.1. The predicted octanol–water partition coefficient (Wildman–Crippen LogP) is 6.41. The summed E-state index contributed by atoms with van der Waals surface area (Å²) in [6.45, 7) is 0.816. The number of nitrogens with zero attached hydrogens (tertiary/aromatic N) is 6. The molecular weight excluding hydrogens is 592 g/mol. The number of ether oxygens (including phenoxy) is 1. The molecule has 0 N–H and O–H groups in total. The first-order valence-corrected chi connectivity index (χ1v) is 13.9. The number of fused-ring (bicyclic) bond motifs is 1. The number of para-hydroxylation sites is 1. The summed E-state index contributed by atoms with van der Waals surface area (Å²) < 4.78 is 10.4. The van der Waals surface area contributed by atoms with Crippen molar-refractivity contribution in [2.24, 2.45) is 0 Å². The Balaban J connectivity index is 1.27. The molecule has 204 valence electrons. The quantitative estimate of drug-likeness (QED) is 0.196. The Bertz CT molecular complexity index is 2020. The van der Waals surface area contributed by atoms with Crippen LogP contribution in [-0.4, -0.2) is 24.5 Å². The van der Waals surface area contributed by atoms with Gasteiger partial charge < -0.3 is 4.74 Å². The third-order valence-corrected chi connectivity index (χ3v) is 7.04. The molecule has 6 rings (SSSR count). The zero-order valence-corrected chi connectivity index (χ0v) is 23.8. The maximum atomic E-state index is 13.7. The Morgan fingerprint density at radius 2 is 1.76 bits per heavy atom. The normalized spacial score (nSPS) is 11.1. The minimum Gasteiger partial charge on any atom is -0.487 e. The Kier molecular flexibility index (Phi) is 7.70. The number of nitriles is 1. The number of rotatable bonds is 8. The highest BCUT2D eigenvalue weighted by Gasteiger charge is 2.12. The van der Waals surface area contributed by atoms with Crippen LogP contribution in [-0.2, 0) is 13.2 Å². The maximum Gasteiger partial charge on any atom is 0.266 e. The first-order chi connectivity index (χ1) is 20.6. The van der Waals surface area contributed by atoms with Crippen LogP contribution < -0.4 is 10.3 Å². The zero-order chi connectivity index (χ0) is 28.9. The minimum atomic E-state index is -0.187. The fraction of sp³-hybridized carbons (Fsp3) is 0.0606. The van der Waals surface area contributed by atoms with E-state index >= 15 is 0 Å². The van der Waals surface area contributed by atoms with E-state index in [0.717, 1.165) is 15.6 Å². The molecule has 0 radical (unpaired) electrons. The van der Waals surface area contributed by atoms with Crippen molar-refractivity contribution < 1.29 is 4.74 Å². The third-order valence-electron chi connectivity index (χ3n) is 6.55. The topological polar surface area (TPSA) is 98.6 Å². The van der Waals surface area contributed by atoms with Crippen molar-refractivity contribution >= 4 is 39.0 Å². The number of hydrogen-bond acceptors (Lipinski definition) is 6. The molecule has 4 aromatic carbocycles. The molecule has 2 aromatic heterocycles. The van der Waals surface area contributed by atoms with Crippen LogP contribution in [0.2, 0.25) is 0 Å².